The molecule has 1 fully saturated rings. The Hall–Kier alpha value is -2.58. The Balaban J connectivity index is 1.51. The average molecular weight is 477 g/mol. The Morgan fingerprint density at radius 2 is 1.54 bits per heavy atom. The van der Waals surface area contributed by atoms with Crippen LogP contribution in [-0.4, -0.2) is 40.9 Å². The number of hydrogen-bond donors (Lipinski definition) is 3. The van der Waals surface area contributed by atoms with Gasteiger partial charge in [0.15, 0.2) is 6.29 Å². The van der Waals surface area contributed by atoms with Crippen molar-refractivity contribution in [1.29, 1.82) is 0 Å². The first kappa shape index (κ1) is 25.5. The predicted molar refractivity (Wildman–Crippen MR) is 136 cm³/mol. The second-order valence-corrected chi connectivity index (χ2v) is 9.33. The lowest BCUT2D eigenvalue weighted by atomic mass is 9.98. The van der Waals surface area contributed by atoms with E-state index < -0.39 is 12.4 Å². The summed E-state index contributed by atoms with van der Waals surface area (Å²) in [7, 11) is 2.02. The fourth-order valence-corrected chi connectivity index (χ4v) is 4.50. The lowest BCUT2D eigenvalue weighted by Crippen LogP contribution is -2.43. The van der Waals surface area contributed by atoms with Gasteiger partial charge >= 0.3 is 0 Å². The van der Waals surface area contributed by atoms with Crippen LogP contribution in [0.2, 0.25) is 0 Å². The average Bonchev–Trinajstić information content (AvgIpc) is 2.92. The first-order chi connectivity index (χ1) is 17.0. The van der Waals surface area contributed by atoms with E-state index in [4.69, 9.17) is 15.2 Å². The highest BCUT2D eigenvalue weighted by atomic mass is 16.7. The summed E-state index contributed by atoms with van der Waals surface area (Å²) in [6, 6.07) is 25.6. The topological polar surface area (TPSA) is 88.2 Å². The van der Waals surface area contributed by atoms with Crippen LogP contribution in [-0.2, 0) is 22.6 Å². The highest BCUT2D eigenvalue weighted by Crippen LogP contribution is 2.38. The number of likely N-dealkylation sites (N-methyl/N-ethyl adjacent to an activating group) is 1. The summed E-state index contributed by atoms with van der Waals surface area (Å²) >= 11 is 0. The first-order valence-corrected chi connectivity index (χ1v) is 12.2. The molecule has 1 aliphatic rings. The minimum absolute atomic E-state index is 0.0140. The zero-order valence-electron chi connectivity index (χ0n) is 20.5. The van der Waals surface area contributed by atoms with Crippen molar-refractivity contribution in [2.24, 2.45) is 5.73 Å². The molecule has 6 nitrogen and oxygen atoms in total. The molecular formula is C29H36N2O4. The van der Waals surface area contributed by atoms with E-state index in [2.05, 4.69) is 4.90 Å². The second-order valence-electron chi connectivity index (χ2n) is 9.33. The van der Waals surface area contributed by atoms with Crippen molar-refractivity contribution in [2.45, 2.75) is 57.1 Å². The maximum absolute atomic E-state index is 10.9. The van der Waals surface area contributed by atoms with Crippen molar-refractivity contribution in [1.82, 2.24) is 4.90 Å². The third kappa shape index (κ3) is 6.35. The van der Waals surface area contributed by atoms with E-state index in [1.54, 1.807) is 0 Å². The SMILES string of the molecule is CC(C(O)c1ccccc1)N(C)CC1CC(c2ccc(CO)cc2)OC(c2ccc(CN)cc2)O1. The highest BCUT2D eigenvalue weighted by molar-refractivity contribution is 5.26. The molecule has 4 N–H and O–H groups in total. The predicted octanol–water partition coefficient (Wildman–Crippen LogP) is 4.24. The van der Waals surface area contributed by atoms with E-state index in [1.807, 2.05) is 92.8 Å². The third-order valence-electron chi connectivity index (χ3n) is 6.89. The summed E-state index contributed by atoms with van der Waals surface area (Å²) < 4.78 is 12.8. The smallest absolute Gasteiger partial charge is 0.184 e. The van der Waals surface area contributed by atoms with Crippen molar-refractivity contribution < 1.29 is 19.7 Å². The monoisotopic (exact) mass is 476 g/mol. The van der Waals surface area contributed by atoms with Crippen LogP contribution >= 0.6 is 0 Å². The van der Waals surface area contributed by atoms with E-state index in [1.165, 1.54) is 0 Å². The number of hydrogen-bond acceptors (Lipinski definition) is 6. The molecule has 6 heteroatoms. The first-order valence-electron chi connectivity index (χ1n) is 12.2. The van der Waals surface area contributed by atoms with Gasteiger partial charge in [-0.25, -0.2) is 0 Å². The standard InChI is InChI=1S/C29H36N2O4/c1-20(28(33)24-6-4-3-5-7-24)31(2)18-26-16-27(23-12-10-22(19-32)11-13-23)35-29(34-26)25-14-8-21(17-30)9-15-25/h3-15,20,26-29,32-33H,16-19,30H2,1-2H3. The van der Waals surface area contributed by atoms with Gasteiger partial charge in [0, 0.05) is 31.1 Å². The van der Waals surface area contributed by atoms with Crippen LogP contribution in [0.25, 0.3) is 0 Å². The molecule has 5 unspecified atom stereocenters. The third-order valence-corrected chi connectivity index (χ3v) is 6.89. The van der Waals surface area contributed by atoms with Crippen molar-refractivity contribution in [3.8, 4) is 0 Å². The van der Waals surface area contributed by atoms with Crippen LogP contribution < -0.4 is 5.73 Å². The van der Waals surface area contributed by atoms with E-state index >= 15 is 0 Å². The molecule has 0 bridgehead atoms. The Morgan fingerprint density at radius 3 is 2.17 bits per heavy atom. The minimum Gasteiger partial charge on any atom is -0.392 e. The van der Waals surface area contributed by atoms with Crippen molar-refractivity contribution >= 4 is 0 Å². The van der Waals surface area contributed by atoms with Crippen LogP contribution in [0.5, 0.6) is 0 Å². The van der Waals surface area contributed by atoms with Crippen molar-refractivity contribution in [3.05, 3.63) is 107 Å². The molecular weight excluding hydrogens is 440 g/mol. The summed E-state index contributed by atoms with van der Waals surface area (Å²) in [6.07, 6.45) is -0.661. The molecule has 5 atom stereocenters. The molecule has 4 rings (SSSR count). The van der Waals surface area contributed by atoms with Gasteiger partial charge in [-0.3, -0.25) is 4.90 Å². The van der Waals surface area contributed by atoms with Gasteiger partial charge in [-0.1, -0.05) is 78.9 Å². The molecule has 3 aromatic rings. The fraction of sp³-hybridized carbons (Fsp3) is 0.379. The molecule has 0 aliphatic carbocycles. The summed E-state index contributed by atoms with van der Waals surface area (Å²) in [4.78, 5) is 2.15. The van der Waals surface area contributed by atoms with E-state index in [0.717, 1.165) is 27.8 Å². The van der Waals surface area contributed by atoms with Gasteiger partial charge in [-0.05, 0) is 36.2 Å². The van der Waals surface area contributed by atoms with Gasteiger partial charge in [0.05, 0.1) is 24.9 Å². The molecule has 0 amide bonds. The van der Waals surface area contributed by atoms with Gasteiger partial charge < -0.3 is 25.4 Å². The summed E-state index contributed by atoms with van der Waals surface area (Å²) in [5.41, 5.74) is 10.6. The van der Waals surface area contributed by atoms with E-state index in [0.29, 0.717) is 19.5 Å². The molecule has 186 valence electrons. The van der Waals surface area contributed by atoms with Crippen LogP contribution in [0.3, 0.4) is 0 Å². The molecule has 35 heavy (non-hydrogen) atoms. The normalized spacial score (nSPS) is 22.2. The van der Waals surface area contributed by atoms with E-state index in [9.17, 15) is 10.2 Å². The molecule has 0 saturated carbocycles. The Morgan fingerprint density at radius 1 is 0.914 bits per heavy atom. The lowest BCUT2D eigenvalue weighted by molar-refractivity contribution is -0.253. The van der Waals surface area contributed by atoms with Crippen molar-refractivity contribution in [3.63, 3.8) is 0 Å². The summed E-state index contributed by atoms with van der Waals surface area (Å²) in [5, 5.41) is 20.3. The molecule has 1 heterocycles. The fourth-order valence-electron chi connectivity index (χ4n) is 4.50. The van der Waals surface area contributed by atoms with Gasteiger partial charge in [-0.15, -0.1) is 0 Å². The molecule has 0 aromatic heterocycles. The number of aliphatic hydroxyl groups excluding tert-OH is 2. The number of benzene rings is 3. The number of rotatable bonds is 9. The van der Waals surface area contributed by atoms with Gasteiger partial charge in [-0.2, -0.15) is 0 Å². The van der Waals surface area contributed by atoms with Gasteiger partial charge in [0.25, 0.3) is 0 Å². The largest absolute Gasteiger partial charge is 0.392 e. The van der Waals surface area contributed by atoms with Crippen LogP contribution in [0.15, 0.2) is 78.9 Å². The molecule has 1 aliphatic heterocycles. The van der Waals surface area contributed by atoms with Crippen LogP contribution in [0, 0.1) is 0 Å². The quantitative estimate of drug-likeness (QED) is 0.428. The summed E-state index contributed by atoms with van der Waals surface area (Å²) in [5.74, 6) is 0. The Kier molecular flexibility index (Phi) is 8.68. The molecule has 1 saturated heterocycles. The minimum atomic E-state index is -0.595. The lowest BCUT2D eigenvalue weighted by Gasteiger charge is -2.39. The number of ether oxygens (including phenoxy) is 2. The van der Waals surface area contributed by atoms with Gasteiger partial charge in [0.1, 0.15) is 0 Å². The number of nitrogens with two attached hydrogens (primary N) is 1. The number of aliphatic hydroxyl groups is 2. The van der Waals surface area contributed by atoms with Crippen LogP contribution in [0.4, 0.5) is 0 Å². The van der Waals surface area contributed by atoms with Gasteiger partial charge in [0.2, 0.25) is 0 Å². The second kappa shape index (κ2) is 11.9. The maximum Gasteiger partial charge on any atom is 0.184 e. The van der Waals surface area contributed by atoms with Crippen LogP contribution in [0.1, 0.15) is 59.7 Å². The Bertz CT molecular complexity index is 987. The number of nitrogens with zero attached hydrogens (tertiary/aromatic N) is 1. The summed E-state index contributed by atoms with van der Waals surface area (Å²) in [6.45, 7) is 3.18. The zero-order chi connectivity index (χ0) is 24.8. The molecule has 3 aromatic carbocycles. The molecule has 0 spiro atoms. The van der Waals surface area contributed by atoms with E-state index in [-0.39, 0.29) is 24.9 Å². The Labute approximate surface area is 207 Å². The van der Waals surface area contributed by atoms with Crippen molar-refractivity contribution in [2.75, 3.05) is 13.6 Å². The zero-order valence-corrected chi connectivity index (χ0v) is 20.5. The highest BCUT2D eigenvalue weighted by Gasteiger charge is 2.34. The maximum atomic E-state index is 10.9. The molecule has 0 radical (unpaired) electrons.